The van der Waals surface area contributed by atoms with Crippen molar-refractivity contribution in [2.45, 2.75) is 26.4 Å². The van der Waals surface area contributed by atoms with E-state index in [1.54, 1.807) is 13.8 Å². The topological polar surface area (TPSA) is 56.0 Å². The lowest BCUT2D eigenvalue weighted by Gasteiger charge is -2.17. The number of hydrogen-bond donors (Lipinski definition) is 2. The fourth-order valence-electron chi connectivity index (χ4n) is 0.640. The van der Waals surface area contributed by atoms with Crippen molar-refractivity contribution >= 4 is 0 Å². The van der Waals surface area contributed by atoms with Crippen LogP contribution in [-0.2, 0) is 0 Å². The molecule has 1 unspecified atom stereocenters. The van der Waals surface area contributed by atoms with Crippen LogP contribution in [0.2, 0.25) is 0 Å². The quantitative estimate of drug-likeness (QED) is 0.623. The Balaban J connectivity index is 3.37. The molecule has 11 heavy (non-hydrogen) atoms. The fraction of sp³-hybridized carbons (Fsp3) is 0.875. The second-order valence-corrected chi connectivity index (χ2v) is 3.47. The summed E-state index contributed by atoms with van der Waals surface area (Å²) in [5.41, 5.74) is -0.685. The third-order valence-corrected chi connectivity index (χ3v) is 1.23. The maximum absolute atomic E-state index is 9.26. The highest BCUT2D eigenvalue weighted by molar-refractivity contribution is 4.81. The first-order valence-corrected chi connectivity index (χ1v) is 3.78. The van der Waals surface area contributed by atoms with Gasteiger partial charge in [-0.1, -0.05) is 0 Å². The largest absolute Gasteiger partial charge is 0.389 e. The van der Waals surface area contributed by atoms with Crippen molar-refractivity contribution in [2.75, 3.05) is 13.1 Å². The molecule has 0 amide bonds. The second kappa shape index (κ2) is 4.32. The number of nitrogens with zero attached hydrogens (tertiary/aromatic N) is 1. The molecule has 1 atom stereocenters. The fourth-order valence-corrected chi connectivity index (χ4v) is 0.640. The van der Waals surface area contributed by atoms with Crippen molar-refractivity contribution in [1.82, 2.24) is 5.32 Å². The Bertz CT molecular complexity index is 143. The van der Waals surface area contributed by atoms with Crippen LogP contribution in [0.1, 0.15) is 20.8 Å². The molecule has 3 nitrogen and oxygen atoms in total. The predicted molar refractivity (Wildman–Crippen MR) is 43.9 cm³/mol. The number of nitriles is 1. The third-order valence-electron chi connectivity index (χ3n) is 1.23. The van der Waals surface area contributed by atoms with E-state index in [4.69, 9.17) is 5.26 Å². The highest BCUT2D eigenvalue weighted by atomic mass is 16.3. The molecule has 2 N–H and O–H groups in total. The van der Waals surface area contributed by atoms with Crippen LogP contribution >= 0.6 is 0 Å². The molecule has 0 aliphatic carbocycles. The standard InChI is InChI=1S/C8H16N2O/c1-7(4-9)5-10-6-8(2,3)11/h7,10-11H,5-6H2,1-3H3. The van der Waals surface area contributed by atoms with Gasteiger partial charge in [-0.15, -0.1) is 0 Å². The molecule has 0 saturated carbocycles. The monoisotopic (exact) mass is 156 g/mol. The summed E-state index contributed by atoms with van der Waals surface area (Å²) in [6.07, 6.45) is 0. The van der Waals surface area contributed by atoms with Crippen molar-refractivity contribution in [1.29, 1.82) is 5.26 Å². The number of hydrogen-bond acceptors (Lipinski definition) is 3. The smallest absolute Gasteiger partial charge is 0.0715 e. The molecule has 0 heterocycles. The average Bonchev–Trinajstić information content (AvgIpc) is 1.85. The summed E-state index contributed by atoms with van der Waals surface area (Å²) in [5.74, 6) is 0.0114. The summed E-state index contributed by atoms with van der Waals surface area (Å²) in [4.78, 5) is 0. The van der Waals surface area contributed by atoms with E-state index in [1.807, 2.05) is 6.92 Å². The van der Waals surface area contributed by atoms with Crippen LogP contribution in [0.4, 0.5) is 0 Å². The van der Waals surface area contributed by atoms with E-state index in [9.17, 15) is 5.11 Å². The average molecular weight is 156 g/mol. The van der Waals surface area contributed by atoms with Crippen molar-refractivity contribution in [3.8, 4) is 6.07 Å². The first-order valence-electron chi connectivity index (χ1n) is 3.78. The number of nitrogens with one attached hydrogen (secondary N) is 1. The van der Waals surface area contributed by atoms with Gasteiger partial charge in [-0.2, -0.15) is 5.26 Å². The molecule has 0 aromatic carbocycles. The lowest BCUT2D eigenvalue weighted by Crippen LogP contribution is -2.36. The molecule has 0 saturated heterocycles. The van der Waals surface area contributed by atoms with E-state index in [0.717, 1.165) is 0 Å². The lowest BCUT2D eigenvalue weighted by atomic mass is 10.1. The first kappa shape index (κ1) is 10.4. The van der Waals surface area contributed by atoms with E-state index >= 15 is 0 Å². The zero-order valence-electron chi connectivity index (χ0n) is 7.39. The van der Waals surface area contributed by atoms with Crippen LogP contribution in [0, 0.1) is 17.2 Å². The highest BCUT2D eigenvalue weighted by Crippen LogP contribution is 1.97. The molecule has 0 rings (SSSR count). The number of rotatable bonds is 4. The van der Waals surface area contributed by atoms with Gasteiger partial charge in [-0.3, -0.25) is 0 Å². The predicted octanol–water partition coefficient (Wildman–Crippen LogP) is 0.507. The summed E-state index contributed by atoms with van der Waals surface area (Å²) in [6.45, 7) is 6.48. The van der Waals surface area contributed by atoms with Gasteiger partial charge in [0.25, 0.3) is 0 Å². The molecule has 64 valence electrons. The normalized spacial score (nSPS) is 14.1. The molecule has 0 radical (unpaired) electrons. The highest BCUT2D eigenvalue weighted by Gasteiger charge is 2.11. The van der Waals surface area contributed by atoms with E-state index in [0.29, 0.717) is 13.1 Å². The van der Waals surface area contributed by atoms with Crippen LogP contribution in [0.5, 0.6) is 0 Å². The van der Waals surface area contributed by atoms with Crippen LogP contribution in [-0.4, -0.2) is 23.8 Å². The Labute approximate surface area is 68.0 Å². The van der Waals surface area contributed by atoms with Crippen molar-refractivity contribution < 1.29 is 5.11 Å². The Kier molecular flexibility index (Phi) is 4.09. The van der Waals surface area contributed by atoms with Gasteiger partial charge in [-0.25, -0.2) is 0 Å². The SMILES string of the molecule is CC(C#N)CNCC(C)(C)O. The van der Waals surface area contributed by atoms with Gasteiger partial charge in [0.15, 0.2) is 0 Å². The molecule has 0 aliphatic rings. The minimum Gasteiger partial charge on any atom is -0.389 e. The van der Waals surface area contributed by atoms with Gasteiger partial charge < -0.3 is 10.4 Å². The summed E-state index contributed by atoms with van der Waals surface area (Å²) in [7, 11) is 0. The molecule has 0 bridgehead atoms. The van der Waals surface area contributed by atoms with E-state index in [1.165, 1.54) is 0 Å². The van der Waals surface area contributed by atoms with Crippen molar-refractivity contribution in [3.63, 3.8) is 0 Å². The van der Waals surface area contributed by atoms with Crippen LogP contribution in [0.3, 0.4) is 0 Å². The maximum atomic E-state index is 9.26. The second-order valence-electron chi connectivity index (χ2n) is 3.47. The minimum atomic E-state index is -0.685. The zero-order chi connectivity index (χ0) is 8.91. The van der Waals surface area contributed by atoms with Crippen LogP contribution in [0.25, 0.3) is 0 Å². The Morgan fingerprint density at radius 1 is 1.64 bits per heavy atom. The van der Waals surface area contributed by atoms with E-state index in [-0.39, 0.29) is 5.92 Å². The first-order chi connectivity index (χ1) is 4.95. The summed E-state index contributed by atoms with van der Waals surface area (Å²) in [6, 6.07) is 2.11. The van der Waals surface area contributed by atoms with Crippen molar-refractivity contribution in [3.05, 3.63) is 0 Å². The summed E-state index contributed by atoms with van der Waals surface area (Å²) >= 11 is 0. The van der Waals surface area contributed by atoms with Gasteiger partial charge in [0.1, 0.15) is 0 Å². The molecule has 0 aromatic rings. The molecule has 0 aliphatic heterocycles. The number of aliphatic hydroxyl groups is 1. The Hall–Kier alpha value is -0.590. The van der Waals surface area contributed by atoms with Gasteiger partial charge >= 0.3 is 0 Å². The van der Waals surface area contributed by atoms with Gasteiger partial charge in [0.2, 0.25) is 0 Å². The molecule has 3 heteroatoms. The van der Waals surface area contributed by atoms with Gasteiger partial charge in [0, 0.05) is 13.1 Å². The molecule has 0 aromatic heterocycles. The van der Waals surface area contributed by atoms with Gasteiger partial charge in [0.05, 0.1) is 17.6 Å². The van der Waals surface area contributed by atoms with E-state index < -0.39 is 5.60 Å². The third kappa shape index (κ3) is 7.31. The Morgan fingerprint density at radius 2 is 2.18 bits per heavy atom. The summed E-state index contributed by atoms with van der Waals surface area (Å²) < 4.78 is 0. The van der Waals surface area contributed by atoms with Crippen LogP contribution in [0.15, 0.2) is 0 Å². The Morgan fingerprint density at radius 3 is 2.55 bits per heavy atom. The van der Waals surface area contributed by atoms with Crippen LogP contribution < -0.4 is 5.32 Å². The lowest BCUT2D eigenvalue weighted by molar-refractivity contribution is 0.0795. The zero-order valence-corrected chi connectivity index (χ0v) is 7.39. The van der Waals surface area contributed by atoms with E-state index in [2.05, 4.69) is 11.4 Å². The van der Waals surface area contributed by atoms with Gasteiger partial charge in [-0.05, 0) is 20.8 Å². The minimum absolute atomic E-state index is 0.0114. The summed E-state index contributed by atoms with van der Waals surface area (Å²) in [5, 5.41) is 20.7. The maximum Gasteiger partial charge on any atom is 0.0715 e. The van der Waals surface area contributed by atoms with Crippen molar-refractivity contribution in [2.24, 2.45) is 5.92 Å². The molecular weight excluding hydrogens is 140 g/mol. The molecular formula is C8H16N2O. The molecule has 0 fully saturated rings. The molecule has 0 spiro atoms.